The van der Waals surface area contributed by atoms with Gasteiger partial charge in [0.25, 0.3) is 0 Å². The molecular formula is C14H20FN3O. The Balaban J connectivity index is 2.20. The molecule has 0 radical (unpaired) electrons. The number of rotatable bonds is 3. The largest absolute Gasteiger partial charge is 0.384 e. The van der Waals surface area contributed by atoms with E-state index >= 15 is 0 Å². The minimum Gasteiger partial charge on any atom is -0.384 e. The first-order chi connectivity index (χ1) is 8.97. The van der Waals surface area contributed by atoms with E-state index in [-0.39, 0.29) is 17.8 Å². The van der Waals surface area contributed by atoms with Crippen LogP contribution in [0.3, 0.4) is 0 Å². The molecule has 0 bridgehead atoms. The Labute approximate surface area is 112 Å². The molecule has 1 aromatic rings. The predicted octanol–water partition coefficient (Wildman–Crippen LogP) is 1.72. The van der Waals surface area contributed by atoms with E-state index in [1.807, 2.05) is 6.92 Å². The van der Waals surface area contributed by atoms with E-state index in [4.69, 9.17) is 15.9 Å². The fourth-order valence-corrected chi connectivity index (χ4v) is 2.35. The van der Waals surface area contributed by atoms with E-state index in [1.54, 1.807) is 6.07 Å². The zero-order valence-corrected chi connectivity index (χ0v) is 11.3. The lowest BCUT2D eigenvalue weighted by Crippen LogP contribution is -2.46. The monoisotopic (exact) mass is 265 g/mol. The number of ether oxygens (including phenoxy) is 1. The average molecular weight is 265 g/mol. The summed E-state index contributed by atoms with van der Waals surface area (Å²) in [4.78, 5) is 2.27. The van der Waals surface area contributed by atoms with E-state index in [9.17, 15) is 4.39 Å². The second-order valence-corrected chi connectivity index (χ2v) is 5.14. The Morgan fingerprint density at radius 3 is 2.95 bits per heavy atom. The molecule has 4 nitrogen and oxygen atoms in total. The SMILES string of the molecule is CC1CN(Cc2ccc(F)cc2C(=N)N)C(C)CO1. The standard InChI is InChI=1S/C14H20FN3O/c1-9-8-19-10(2)6-18(9)7-11-3-4-12(15)5-13(11)14(16)17/h3-5,9-10H,6-8H2,1-2H3,(H3,16,17). The molecule has 2 rings (SSSR count). The molecule has 1 aromatic carbocycles. The number of nitrogens with zero attached hydrogens (tertiary/aromatic N) is 1. The third-order valence-corrected chi connectivity index (χ3v) is 3.47. The number of halogens is 1. The Hall–Kier alpha value is -1.46. The van der Waals surface area contributed by atoms with Crippen molar-refractivity contribution in [3.8, 4) is 0 Å². The normalized spacial score (nSPS) is 24.4. The van der Waals surface area contributed by atoms with Crippen LogP contribution in [0.1, 0.15) is 25.0 Å². The number of hydrogen-bond acceptors (Lipinski definition) is 3. The van der Waals surface area contributed by atoms with Gasteiger partial charge in [0, 0.05) is 24.7 Å². The second-order valence-electron chi connectivity index (χ2n) is 5.14. The van der Waals surface area contributed by atoms with Gasteiger partial charge in [-0.2, -0.15) is 0 Å². The first-order valence-corrected chi connectivity index (χ1v) is 6.46. The summed E-state index contributed by atoms with van der Waals surface area (Å²) >= 11 is 0. The highest BCUT2D eigenvalue weighted by molar-refractivity contribution is 5.96. The van der Waals surface area contributed by atoms with E-state index in [2.05, 4.69) is 11.8 Å². The number of morpholine rings is 1. The molecule has 19 heavy (non-hydrogen) atoms. The Bertz CT molecular complexity index is 478. The highest BCUT2D eigenvalue weighted by atomic mass is 19.1. The van der Waals surface area contributed by atoms with E-state index in [1.165, 1.54) is 12.1 Å². The van der Waals surface area contributed by atoms with Gasteiger partial charge in [0.2, 0.25) is 0 Å². The molecule has 1 saturated heterocycles. The van der Waals surface area contributed by atoms with Gasteiger partial charge in [-0.05, 0) is 31.5 Å². The third kappa shape index (κ3) is 3.30. The fourth-order valence-electron chi connectivity index (χ4n) is 2.35. The third-order valence-electron chi connectivity index (χ3n) is 3.47. The van der Waals surface area contributed by atoms with Crippen molar-refractivity contribution in [2.75, 3.05) is 13.2 Å². The molecule has 0 aromatic heterocycles. The molecule has 1 aliphatic heterocycles. The molecule has 1 fully saturated rings. The van der Waals surface area contributed by atoms with Gasteiger partial charge in [-0.1, -0.05) is 6.07 Å². The van der Waals surface area contributed by atoms with Crippen LogP contribution in [0.4, 0.5) is 4.39 Å². The number of nitrogens with one attached hydrogen (secondary N) is 1. The lowest BCUT2D eigenvalue weighted by Gasteiger charge is -2.37. The average Bonchev–Trinajstić information content (AvgIpc) is 2.35. The maximum absolute atomic E-state index is 13.2. The second kappa shape index (κ2) is 5.67. The smallest absolute Gasteiger partial charge is 0.123 e. The van der Waals surface area contributed by atoms with E-state index in [0.29, 0.717) is 24.8 Å². The van der Waals surface area contributed by atoms with E-state index in [0.717, 1.165) is 12.1 Å². The minimum absolute atomic E-state index is 0.0940. The molecule has 1 heterocycles. The van der Waals surface area contributed by atoms with Crippen molar-refractivity contribution in [1.29, 1.82) is 5.41 Å². The summed E-state index contributed by atoms with van der Waals surface area (Å²) in [5.74, 6) is -0.458. The van der Waals surface area contributed by atoms with Crippen molar-refractivity contribution in [2.45, 2.75) is 32.5 Å². The summed E-state index contributed by atoms with van der Waals surface area (Å²) in [5, 5.41) is 7.55. The number of benzene rings is 1. The van der Waals surface area contributed by atoms with Gasteiger partial charge in [-0.15, -0.1) is 0 Å². The van der Waals surface area contributed by atoms with Crippen LogP contribution >= 0.6 is 0 Å². The minimum atomic E-state index is -0.364. The lowest BCUT2D eigenvalue weighted by atomic mass is 10.0. The molecule has 2 atom stereocenters. The number of amidine groups is 1. The van der Waals surface area contributed by atoms with Crippen LogP contribution in [0.2, 0.25) is 0 Å². The van der Waals surface area contributed by atoms with Crippen molar-refractivity contribution in [2.24, 2.45) is 5.73 Å². The fraction of sp³-hybridized carbons (Fsp3) is 0.500. The van der Waals surface area contributed by atoms with Gasteiger partial charge in [0.1, 0.15) is 11.7 Å². The van der Waals surface area contributed by atoms with Gasteiger partial charge >= 0.3 is 0 Å². The molecule has 0 saturated carbocycles. The molecule has 104 valence electrons. The Morgan fingerprint density at radius 2 is 2.26 bits per heavy atom. The highest BCUT2D eigenvalue weighted by Crippen LogP contribution is 2.18. The van der Waals surface area contributed by atoms with Gasteiger partial charge < -0.3 is 10.5 Å². The maximum Gasteiger partial charge on any atom is 0.123 e. The summed E-state index contributed by atoms with van der Waals surface area (Å²) in [5.41, 5.74) is 6.89. The summed E-state index contributed by atoms with van der Waals surface area (Å²) in [6.45, 7) is 6.32. The zero-order chi connectivity index (χ0) is 14.0. The van der Waals surface area contributed by atoms with Crippen molar-refractivity contribution in [1.82, 2.24) is 4.90 Å². The molecule has 0 amide bonds. The molecule has 0 aliphatic carbocycles. The number of nitrogen functional groups attached to an aromatic ring is 1. The molecule has 1 aliphatic rings. The quantitative estimate of drug-likeness (QED) is 0.646. The van der Waals surface area contributed by atoms with Crippen LogP contribution in [-0.2, 0) is 11.3 Å². The van der Waals surface area contributed by atoms with Gasteiger partial charge in [-0.25, -0.2) is 4.39 Å². The molecule has 5 heteroatoms. The molecule has 3 N–H and O–H groups in total. The van der Waals surface area contributed by atoms with Crippen LogP contribution in [0.25, 0.3) is 0 Å². The number of hydrogen-bond donors (Lipinski definition) is 2. The van der Waals surface area contributed by atoms with Gasteiger partial charge in [-0.3, -0.25) is 10.3 Å². The first kappa shape index (κ1) is 14.0. The van der Waals surface area contributed by atoms with Crippen molar-refractivity contribution < 1.29 is 9.13 Å². The van der Waals surface area contributed by atoms with Crippen LogP contribution in [-0.4, -0.2) is 36.0 Å². The van der Waals surface area contributed by atoms with Crippen LogP contribution in [0.15, 0.2) is 18.2 Å². The van der Waals surface area contributed by atoms with Gasteiger partial charge in [0.15, 0.2) is 0 Å². The maximum atomic E-state index is 13.2. The highest BCUT2D eigenvalue weighted by Gasteiger charge is 2.24. The van der Waals surface area contributed by atoms with Crippen LogP contribution in [0, 0.1) is 11.2 Å². The topological polar surface area (TPSA) is 62.3 Å². The van der Waals surface area contributed by atoms with Crippen molar-refractivity contribution >= 4 is 5.84 Å². The predicted molar refractivity (Wildman–Crippen MR) is 72.7 cm³/mol. The van der Waals surface area contributed by atoms with Crippen molar-refractivity contribution in [3.05, 3.63) is 35.1 Å². The lowest BCUT2D eigenvalue weighted by molar-refractivity contribution is -0.0526. The van der Waals surface area contributed by atoms with Gasteiger partial charge in [0.05, 0.1) is 12.7 Å². The van der Waals surface area contributed by atoms with E-state index < -0.39 is 0 Å². The Morgan fingerprint density at radius 1 is 1.53 bits per heavy atom. The molecular weight excluding hydrogens is 245 g/mol. The summed E-state index contributed by atoms with van der Waals surface area (Å²) < 4.78 is 18.8. The Kier molecular flexibility index (Phi) is 4.17. The number of nitrogens with two attached hydrogens (primary N) is 1. The molecule has 2 unspecified atom stereocenters. The van der Waals surface area contributed by atoms with Crippen molar-refractivity contribution in [3.63, 3.8) is 0 Å². The summed E-state index contributed by atoms with van der Waals surface area (Å²) in [6.07, 6.45) is 0.192. The zero-order valence-electron chi connectivity index (χ0n) is 11.3. The first-order valence-electron chi connectivity index (χ1n) is 6.46. The molecule has 0 spiro atoms. The van der Waals surface area contributed by atoms with Crippen LogP contribution < -0.4 is 5.73 Å². The van der Waals surface area contributed by atoms with Crippen LogP contribution in [0.5, 0.6) is 0 Å². The summed E-state index contributed by atoms with van der Waals surface area (Å²) in [6, 6.07) is 4.75. The summed E-state index contributed by atoms with van der Waals surface area (Å²) in [7, 11) is 0.